The van der Waals surface area contributed by atoms with Crippen molar-refractivity contribution >= 4 is 0 Å². The van der Waals surface area contributed by atoms with E-state index in [1.165, 1.54) is 44.7 Å². The standard InChI is InChI=1S/C14H24N4/c1-17-10-7-16-14(17)5-9-18-8-4-13-12(11-18)3-2-6-15-13/h7,10,12-13,15H,2-6,8-9,11H2,1H3/t12-,13+/m1/s1. The lowest BCUT2D eigenvalue weighted by molar-refractivity contribution is 0.115. The molecule has 2 atom stereocenters. The molecule has 1 aromatic rings. The molecular weight excluding hydrogens is 224 g/mol. The predicted octanol–water partition coefficient (Wildman–Crippen LogP) is 1.04. The van der Waals surface area contributed by atoms with E-state index in [1.54, 1.807) is 0 Å². The Morgan fingerprint density at radius 3 is 3.22 bits per heavy atom. The number of imidazole rings is 1. The van der Waals surface area contributed by atoms with Gasteiger partial charge in [0.2, 0.25) is 0 Å². The van der Waals surface area contributed by atoms with Crippen LogP contribution in [0.3, 0.4) is 0 Å². The van der Waals surface area contributed by atoms with Gasteiger partial charge in [0, 0.05) is 45.0 Å². The number of aromatic nitrogens is 2. The van der Waals surface area contributed by atoms with Crippen molar-refractivity contribution in [2.24, 2.45) is 13.0 Å². The van der Waals surface area contributed by atoms with Gasteiger partial charge in [-0.15, -0.1) is 0 Å². The van der Waals surface area contributed by atoms with Gasteiger partial charge in [0.1, 0.15) is 5.82 Å². The molecule has 1 aromatic heterocycles. The van der Waals surface area contributed by atoms with Crippen LogP contribution in [-0.2, 0) is 13.5 Å². The van der Waals surface area contributed by atoms with Crippen molar-refractivity contribution in [2.45, 2.75) is 31.7 Å². The largest absolute Gasteiger partial charge is 0.338 e. The van der Waals surface area contributed by atoms with Crippen molar-refractivity contribution in [2.75, 3.05) is 26.2 Å². The van der Waals surface area contributed by atoms with E-state index in [4.69, 9.17) is 0 Å². The van der Waals surface area contributed by atoms with E-state index in [0.717, 1.165) is 24.9 Å². The van der Waals surface area contributed by atoms with Crippen molar-refractivity contribution in [1.82, 2.24) is 19.8 Å². The summed E-state index contributed by atoms with van der Waals surface area (Å²) < 4.78 is 2.13. The minimum atomic E-state index is 0.795. The van der Waals surface area contributed by atoms with Crippen molar-refractivity contribution in [1.29, 1.82) is 0 Å². The Balaban J connectivity index is 1.50. The smallest absolute Gasteiger partial charge is 0.109 e. The molecule has 0 amide bonds. The van der Waals surface area contributed by atoms with Crippen LogP contribution in [0.2, 0.25) is 0 Å². The SMILES string of the molecule is Cn1ccnc1CCN1CC[C@@H]2NCCC[C@@H]2C1. The van der Waals surface area contributed by atoms with Crippen LogP contribution in [0.1, 0.15) is 25.1 Å². The number of aryl methyl sites for hydroxylation is 1. The third-order valence-electron chi connectivity index (χ3n) is 4.55. The Kier molecular flexibility index (Phi) is 3.66. The number of nitrogens with zero attached hydrogens (tertiary/aromatic N) is 3. The van der Waals surface area contributed by atoms with Crippen LogP contribution in [0.4, 0.5) is 0 Å². The highest BCUT2D eigenvalue weighted by molar-refractivity contribution is 4.93. The average Bonchev–Trinajstić information content (AvgIpc) is 2.82. The quantitative estimate of drug-likeness (QED) is 0.867. The summed E-state index contributed by atoms with van der Waals surface area (Å²) in [4.78, 5) is 7.03. The molecule has 2 fully saturated rings. The Morgan fingerprint density at radius 1 is 1.44 bits per heavy atom. The summed E-state index contributed by atoms with van der Waals surface area (Å²) in [6.07, 6.45) is 9.10. The van der Waals surface area contributed by atoms with Gasteiger partial charge in [0.25, 0.3) is 0 Å². The maximum atomic E-state index is 4.41. The van der Waals surface area contributed by atoms with Gasteiger partial charge in [-0.3, -0.25) is 0 Å². The number of hydrogen-bond donors (Lipinski definition) is 1. The highest BCUT2D eigenvalue weighted by atomic mass is 15.2. The molecule has 3 rings (SSSR count). The van der Waals surface area contributed by atoms with Gasteiger partial charge in [-0.2, -0.15) is 0 Å². The van der Waals surface area contributed by atoms with Crippen LogP contribution in [0, 0.1) is 5.92 Å². The molecule has 0 radical (unpaired) electrons. The first-order valence-corrected chi connectivity index (χ1v) is 7.25. The maximum absolute atomic E-state index is 4.41. The van der Waals surface area contributed by atoms with Gasteiger partial charge in [0.05, 0.1) is 0 Å². The summed E-state index contributed by atoms with van der Waals surface area (Å²) >= 11 is 0. The highest BCUT2D eigenvalue weighted by Gasteiger charge is 2.30. The zero-order valence-corrected chi connectivity index (χ0v) is 11.3. The molecule has 2 aliphatic heterocycles. The maximum Gasteiger partial charge on any atom is 0.109 e. The summed E-state index contributed by atoms with van der Waals surface area (Å²) in [5, 5.41) is 3.68. The van der Waals surface area contributed by atoms with Crippen molar-refractivity contribution < 1.29 is 0 Å². The fourth-order valence-electron chi connectivity index (χ4n) is 3.42. The molecule has 0 unspecified atom stereocenters. The van der Waals surface area contributed by atoms with Gasteiger partial charge < -0.3 is 14.8 Å². The summed E-state index contributed by atoms with van der Waals surface area (Å²) in [5.41, 5.74) is 0. The number of rotatable bonds is 3. The van der Waals surface area contributed by atoms with Crippen LogP contribution in [-0.4, -0.2) is 46.7 Å². The molecule has 18 heavy (non-hydrogen) atoms. The Hall–Kier alpha value is -0.870. The van der Waals surface area contributed by atoms with Crippen molar-refractivity contribution in [3.8, 4) is 0 Å². The molecule has 4 heteroatoms. The van der Waals surface area contributed by atoms with E-state index in [9.17, 15) is 0 Å². The number of fused-ring (bicyclic) bond motifs is 1. The van der Waals surface area contributed by atoms with Gasteiger partial charge in [-0.25, -0.2) is 4.98 Å². The summed E-state index contributed by atoms with van der Waals surface area (Å²) in [7, 11) is 2.08. The van der Waals surface area contributed by atoms with Crippen LogP contribution in [0.15, 0.2) is 12.4 Å². The number of hydrogen-bond acceptors (Lipinski definition) is 3. The van der Waals surface area contributed by atoms with Crippen molar-refractivity contribution in [3.63, 3.8) is 0 Å². The second kappa shape index (κ2) is 5.41. The molecular formula is C14H24N4. The van der Waals surface area contributed by atoms with E-state index < -0.39 is 0 Å². The fourth-order valence-corrected chi connectivity index (χ4v) is 3.42. The lowest BCUT2D eigenvalue weighted by Gasteiger charge is -2.41. The lowest BCUT2D eigenvalue weighted by Crippen LogP contribution is -2.52. The van der Waals surface area contributed by atoms with E-state index in [0.29, 0.717) is 0 Å². The first-order valence-electron chi connectivity index (χ1n) is 7.25. The highest BCUT2D eigenvalue weighted by Crippen LogP contribution is 2.24. The lowest BCUT2D eigenvalue weighted by atomic mass is 9.85. The monoisotopic (exact) mass is 248 g/mol. The van der Waals surface area contributed by atoms with E-state index in [-0.39, 0.29) is 0 Å². The van der Waals surface area contributed by atoms with Gasteiger partial charge >= 0.3 is 0 Å². The van der Waals surface area contributed by atoms with Crippen LogP contribution in [0.25, 0.3) is 0 Å². The topological polar surface area (TPSA) is 33.1 Å². The van der Waals surface area contributed by atoms with Crippen LogP contribution >= 0.6 is 0 Å². The van der Waals surface area contributed by atoms with E-state index in [1.807, 2.05) is 12.4 Å². The van der Waals surface area contributed by atoms with E-state index >= 15 is 0 Å². The van der Waals surface area contributed by atoms with Crippen molar-refractivity contribution in [3.05, 3.63) is 18.2 Å². The summed E-state index contributed by atoms with van der Waals surface area (Å²) in [5.74, 6) is 2.09. The van der Waals surface area contributed by atoms with E-state index in [2.05, 4.69) is 26.8 Å². The molecule has 2 saturated heterocycles. The average molecular weight is 248 g/mol. The molecule has 0 aromatic carbocycles. The Morgan fingerprint density at radius 2 is 2.39 bits per heavy atom. The number of likely N-dealkylation sites (tertiary alicyclic amines) is 1. The first-order chi connectivity index (χ1) is 8.83. The Labute approximate surface area is 109 Å². The molecule has 0 aliphatic carbocycles. The summed E-state index contributed by atoms with van der Waals surface area (Å²) in [6.45, 7) is 4.92. The van der Waals surface area contributed by atoms with Gasteiger partial charge in [0.15, 0.2) is 0 Å². The molecule has 4 nitrogen and oxygen atoms in total. The third-order valence-corrected chi connectivity index (χ3v) is 4.55. The second-order valence-corrected chi connectivity index (χ2v) is 5.76. The molecule has 2 aliphatic rings. The van der Waals surface area contributed by atoms with Crippen LogP contribution < -0.4 is 5.32 Å². The number of piperidine rings is 2. The zero-order chi connectivity index (χ0) is 12.4. The normalized spacial score (nSPS) is 29.2. The summed E-state index contributed by atoms with van der Waals surface area (Å²) in [6, 6.07) is 0.795. The molecule has 0 saturated carbocycles. The minimum Gasteiger partial charge on any atom is -0.338 e. The second-order valence-electron chi connectivity index (χ2n) is 5.76. The minimum absolute atomic E-state index is 0.795. The molecule has 100 valence electrons. The number of nitrogens with one attached hydrogen (secondary N) is 1. The third kappa shape index (κ3) is 2.59. The molecule has 3 heterocycles. The fraction of sp³-hybridized carbons (Fsp3) is 0.786. The van der Waals surface area contributed by atoms with Gasteiger partial charge in [-0.1, -0.05) is 0 Å². The molecule has 1 N–H and O–H groups in total. The molecule has 0 bridgehead atoms. The van der Waals surface area contributed by atoms with Gasteiger partial charge in [-0.05, 0) is 38.3 Å². The Bertz CT molecular complexity index is 387. The van der Waals surface area contributed by atoms with Crippen LogP contribution in [0.5, 0.6) is 0 Å². The molecule has 0 spiro atoms. The predicted molar refractivity (Wildman–Crippen MR) is 72.5 cm³/mol. The first kappa shape index (κ1) is 12.2. The zero-order valence-electron chi connectivity index (χ0n) is 11.3.